The van der Waals surface area contributed by atoms with Crippen molar-refractivity contribution in [2.75, 3.05) is 31.1 Å². The maximum Gasteiger partial charge on any atom is 0.0592 e. The molecule has 1 N–H and O–H groups in total. The van der Waals surface area contributed by atoms with Gasteiger partial charge in [0.2, 0.25) is 0 Å². The Kier molecular flexibility index (Phi) is 3.37. The monoisotopic (exact) mass is 255 g/mol. The van der Waals surface area contributed by atoms with Crippen molar-refractivity contribution in [3.05, 3.63) is 22.9 Å². The number of nitrogens with zero attached hydrogens (tertiary/aromatic N) is 2. The summed E-state index contributed by atoms with van der Waals surface area (Å²) in [5, 5.41) is 3.39. The van der Waals surface area contributed by atoms with E-state index in [1.54, 1.807) is 0 Å². The molecule has 0 atom stereocenters. The van der Waals surface area contributed by atoms with Gasteiger partial charge in [-0.2, -0.15) is 0 Å². The molecule has 14 heavy (non-hydrogen) atoms. The van der Waals surface area contributed by atoms with Crippen LogP contribution in [0.25, 0.3) is 0 Å². The lowest BCUT2D eigenvalue weighted by Gasteiger charge is -2.23. The van der Waals surface area contributed by atoms with Gasteiger partial charge < -0.3 is 10.2 Å². The van der Waals surface area contributed by atoms with Crippen LogP contribution in [0.5, 0.6) is 0 Å². The van der Waals surface area contributed by atoms with E-state index in [4.69, 9.17) is 0 Å². The molecule has 1 aromatic heterocycles. The van der Waals surface area contributed by atoms with E-state index in [1.165, 1.54) is 12.1 Å². The van der Waals surface area contributed by atoms with Crippen LogP contribution in [-0.2, 0) is 0 Å². The fourth-order valence-corrected chi connectivity index (χ4v) is 2.21. The Morgan fingerprint density at radius 1 is 1.36 bits per heavy atom. The van der Waals surface area contributed by atoms with E-state index in [-0.39, 0.29) is 0 Å². The third-order valence-electron chi connectivity index (χ3n) is 2.43. The molecule has 4 heteroatoms. The van der Waals surface area contributed by atoms with Crippen molar-refractivity contribution in [2.45, 2.75) is 6.42 Å². The molecule has 2 rings (SSSR count). The maximum atomic E-state index is 4.07. The fraction of sp³-hybridized carbons (Fsp3) is 0.500. The Hall–Kier alpha value is -0.610. The molecule has 1 aliphatic heterocycles. The number of anilines is 1. The predicted molar refractivity (Wildman–Crippen MR) is 61.6 cm³/mol. The summed E-state index contributed by atoms with van der Waals surface area (Å²) >= 11 is 3.53. The molecule has 1 saturated heterocycles. The second-order valence-corrected chi connectivity index (χ2v) is 4.27. The van der Waals surface area contributed by atoms with Crippen molar-refractivity contribution in [3.63, 3.8) is 0 Å². The minimum absolute atomic E-state index is 1.06. The smallest absolute Gasteiger partial charge is 0.0592 e. The highest BCUT2D eigenvalue weighted by Gasteiger charge is 2.11. The molecule has 0 radical (unpaired) electrons. The Labute approximate surface area is 92.6 Å². The van der Waals surface area contributed by atoms with E-state index in [2.05, 4.69) is 37.2 Å². The van der Waals surface area contributed by atoms with Crippen LogP contribution in [0, 0.1) is 0 Å². The largest absolute Gasteiger partial charge is 0.369 e. The van der Waals surface area contributed by atoms with Gasteiger partial charge in [-0.25, -0.2) is 0 Å². The summed E-state index contributed by atoms with van der Waals surface area (Å²) in [4.78, 5) is 6.47. The van der Waals surface area contributed by atoms with Gasteiger partial charge in [-0.3, -0.25) is 4.98 Å². The van der Waals surface area contributed by atoms with Crippen LogP contribution in [0.1, 0.15) is 6.42 Å². The van der Waals surface area contributed by atoms with Crippen LogP contribution in [-0.4, -0.2) is 31.2 Å². The molecule has 1 fully saturated rings. The fourth-order valence-electron chi connectivity index (χ4n) is 1.71. The van der Waals surface area contributed by atoms with Gasteiger partial charge in [0, 0.05) is 32.0 Å². The van der Waals surface area contributed by atoms with Crippen molar-refractivity contribution < 1.29 is 0 Å². The number of pyridine rings is 1. The normalized spacial score (nSPS) is 17.9. The molecule has 0 aliphatic carbocycles. The predicted octanol–water partition coefficient (Wildman–Crippen LogP) is 1.64. The minimum atomic E-state index is 1.06. The topological polar surface area (TPSA) is 28.2 Å². The molecule has 1 aliphatic rings. The molecule has 3 nitrogen and oxygen atoms in total. The molecule has 0 aromatic carbocycles. The van der Waals surface area contributed by atoms with E-state index in [9.17, 15) is 0 Å². The quantitative estimate of drug-likeness (QED) is 0.828. The summed E-state index contributed by atoms with van der Waals surface area (Å²) in [5.74, 6) is 0. The summed E-state index contributed by atoms with van der Waals surface area (Å²) in [5.41, 5.74) is 1.25. The molecule has 0 unspecified atom stereocenters. The molecular formula is C10H14BrN3. The molecule has 0 spiro atoms. The van der Waals surface area contributed by atoms with E-state index in [0.29, 0.717) is 0 Å². The summed E-state index contributed by atoms with van der Waals surface area (Å²) in [6, 6.07) is 2.06. The number of aromatic nitrogens is 1. The molecule has 76 valence electrons. The lowest BCUT2D eigenvalue weighted by atomic mass is 10.3. The third-order valence-corrected chi connectivity index (χ3v) is 3.04. The molecule has 1 aromatic rings. The van der Waals surface area contributed by atoms with E-state index < -0.39 is 0 Å². The van der Waals surface area contributed by atoms with Gasteiger partial charge in [-0.1, -0.05) is 0 Å². The zero-order valence-corrected chi connectivity index (χ0v) is 9.63. The van der Waals surface area contributed by atoms with Crippen molar-refractivity contribution in [3.8, 4) is 0 Å². The van der Waals surface area contributed by atoms with Gasteiger partial charge in [0.1, 0.15) is 0 Å². The zero-order valence-electron chi connectivity index (χ0n) is 8.04. The van der Waals surface area contributed by atoms with Gasteiger partial charge in [-0.05, 0) is 35.0 Å². The number of nitrogens with one attached hydrogen (secondary N) is 1. The molecule has 0 amide bonds. The van der Waals surface area contributed by atoms with Crippen molar-refractivity contribution in [1.29, 1.82) is 0 Å². The van der Waals surface area contributed by atoms with Crippen LogP contribution >= 0.6 is 15.9 Å². The van der Waals surface area contributed by atoms with E-state index >= 15 is 0 Å². The minimum Gasteiger partial charge on any atom is -0.369 e. The Morgan fingerprint density at radius 2 is 2.29 bits per heavy atom. The van der Waals surface area contributed by atoms with E-state index in [1.807, 2.05) is 12.4 Å². The highest BCUT2D eigenvalue weighted by molar-refractivity contribution is 9.10. The van der Waals surface area contributed by atoms with Crippen molar-refractivity contribution >= 4 is 21.6 Å². The molecule has 2 heterocycles. The van der Waals surface area contributed by atoms with E-state index in [0.717, 1.165) is 30.7 Å². The van der Waals surface area contributed by atoms with Crippen LogP contribution < -0.4 is 10.2 Å². The number of hydrogen-bond acceptors (Lipinski definition) is 3. The first kappa shape index (κ1) is 9.93. The number of halogens is 1. The molecular weight excluding hydrogens is 242 g/mol. The standard InChI is InChI=1S/C10H14BrN3/c11-9-8-13-4-2-10(9)14-6-1-3-12-5-7-14/h2,4,8,12H,1,3,5-7H2. The Morgan fingerprint density at radius 3 is 3.14 bits per heavy atom. The van der Waals surface area contributed by atoms with Crippen LogP contribution in [0.3, 0.4) is 0 Å². The van der Waals surface area contributed by atoms with Gasteiger partial charge in [-0.15, -0.1) is 0 Å². The summed E-state index contributed by atoms with van der Waals surface area (Å²) in [7, 11) is 0. The average molecular weight is 256 g/mol. The second kappa shape index (κ2) is 4.75. The lowest BCUT2D eigenvalue weighted by molar-refractivity contribution is 0.724. The third kappa shape index (κ3) is 2.25. The number of hydrogen-bond donors (Lipinski definition) is 1. The highest BCUT2D eigenvalue weighted by Crippen LogP contribution is 2.24. The maximum absolute atomic E-state index is 4.07. The van der Waals surface area contributed by atoms with Crippen LogP contribution in [0.15, 0.2) is 22.9 Å². The van der Waals surface area contributed by atoms with Gasteiger partial charge in [0.25, 0.3) is 0 Å². The Balaban J connectivity index is 2.16. The summed E-state index contributed by atoms with van der Waals surface area (Å²) in [6.07, 6.45) is 4.90. The first-order valence-electron chi connectivity index (χ1n) is 4.93. The lowest BCUT2D eigenvalue weighted by Crippen LogP contribution is -2.28. The zero-order chi connectivity index (χ0) is 9.80. The van der Waals surface area contributed by atoms with Crippen molar-refractivity contribution in [1.82, 2.24) is 10.3 Å². The summed E-state index contributed by atoms with van der Waals surface area (Å²) < 4.78 is 1.09. The molecule has 0 saturated carbocycles. The SMILES string of the molecule is Brc1cnccc1N1CCCNCC1. The van der Waals surface area contributed by atoms with Gasteiger partial charge >= 0.3 is 0 Å². The first-order chi connectivity index (χ1) is 6.88. The van der Waals surface area contributed by atoms with Gasteiger partial charge in [0.05, 0.1) is 10.2 Å². The van der Waals surface area contributed by atoms with Crippen LogP contribution in [0.2, 0.25) is 0 Å². The first-order valence-corrected chi connectivity index (χ1v) is 5.72. The second-order valence-electron chi connectivity index (χ2n) is 3.42. The van der Waals surface area contributed by atoms with Gasteiger partial charge in [0.15, 0.2) is 0 Å². The summed E-state index contributed by atoms with van der Waals surface area (Å²) in [6.45, 7) is 4.38. The molecule has 0 bridgehead atoms. The Bertz CT molecular complexity index is 295. The number of rotatable bonds is 1. The van der Waals surface area contributed by atoms with Crippen LogP contribution in [0.4, 0.5) is 5.69 Å². The van der Waals surface area contributed by atoms with Crippen molar-refractivity contribution in [2.24, 2.45) is 0 Å². The average Bonchev–Trinajstić information content (AvgIpc) is 2.47. The highest BCUT2D eigenvalue weighted by atomic mass is 79.9.